The molecule has 2 N–H and O–H groups in total. The number of hydrogen-bond acceptors (Lipinski definition) is 5. The summed E-state index contributed by atoms with van der Waals surface area (Å²) >= 11 is 0. The van der Waals surface area contributed by atoms with Gasteiger partial charge in [-0.2, -0.15) is 0 Å². The van der Waals surface area contributed by atoms with E-state index in [0.29, 0.717) is 12.5 Å². The van der Waals surface area contributed by atoms with Crippen LogP contribution in [0.1, 0.15) is 13.8 Å². The summed E-state index contributed by atoms with van der Waals surface area (Å²) in [6.07, 6.45) is 0. The zero-order chi connectivity index (χ0) is 12.5. The van der Waals surface area contributed by atoms with E-state index in [1.807, 2.05) is 50.1 Å². The first-order valence-electron chi connectivity index (χ1n) is 5.58. The van der Waals surface area contributed by atoms with Crippen LogP contribution in [0.4, 0.5) is 5.95 Å². The van der Waals surface area contributed by atoms with Crippen LogP contribution < -0.4 is 10.6 Å². The summed E-state index contributed by atoms with van der Waals surface area (Å²) in [4.78, 5) is 6.44. The van der Waals surface area contributed by atoms with Crippen LogP contribution in [0.15, 0.2) is 24.3 Å². The van der Waals surface area contributed by atoms with Crippen molar-refractivity contribution in [3.05, 3.63) is 24.3 Å². The first-order chi connectivity index (χ1) is 8.04. The molecule has 5 nitrogen and oxygen atoms in total. The van der Waals surface area contributed by atoms with Crippen molar-refractivity contribution in [3.63, 3.8) is 0 Å². The van der Waals surface area contributed by atoms with Crippen molar-refractivity contribution in [1.29, 1.82) is 0 Å². The minimum atomic E-state index is -0.190. The summed E-state index contributed by atoms with van der Waals surface area (Å²) in [6.45, 7) is 4.62. The Labute approximate surface area is 101 Å². The van der Waals surface area contributed by atoms with Crippen molar-refractivity contribution in [3.8, 4) is 0 Å². The van der Waals surface area contributed by atoms with Gasteiger partial charge in [-0.05, 0) is 26.0 Å². The maximum atomic E-state index is 5.74. The average Bonchev–Trinajstić information content (AvgIpc) is 2.37. The molecule has 0 aliphatic carbocycles. The van der Waals surface area contributed by atoms with Gasteiger partial charge in [-0.25, -0.2) is 4.98 Å². The molecule has 17 heavy (non-hydrogen) atoms. The molecule has 0 aliphatic heterocycles. The first kappa shape index (κ1) is 11.7. The maximum absolute atomic E-state index is 5.74. The number of benzene rings is 1. The summed E-state index contributed by atoms with van der Waals surface area (Å²) in [5, 5.41) is 8.29. The molecule has 1 aromatic carbocycles. The number of fused-ring (bicyclic) bond motifs is 1. The third kappa shape index (κ3) is 2.19. The highest BCUT2D eigenvalue weighted by atomic mass is 15.3. The molecule has 0 amide bonds. The van der Waals surface area contributed by atoms with Crippen LogP contribution in [0, 0.1) is 0 Å². The SMILES string of the molecule is CN(c1nnc2ccccc2n1)C(C)(C)CN. The smallest absolute Gasteiger partial charge is 0.246 e. The molecule has 0 saturated carbocycles. The van der Waals surface area contributed by atoms with Crippen molar-refractivity contribution in [2.75, 3.05) is 18.5 Å². The number of rotatable bonds is 3. The predicted octanol–water partition coefficient (Wildman–Crippen LogP) is 1.20. The molecule has 0 atom stereocenters. The highest BCUT2D eigenvalue weighted by Crippen LogP contribution is 2.18. The van der Waals surface area contributed by atoms with E-state index in [1.54, 1.807) is 0 Å². The van der Waals surface area contributed by atoms with Gasteiger partial charge in [0.2, 0.25) is 5.95 Å². The fraction of sp³-hybridized carbons (Fsp3) is 0.417. The van der Waals surface area contributed by atoms with Gasteiger partial charge in [0, 0.05) is 19.1 Å². The Morgan fingerprint density at radius 3 is 2.47 bits per heavy atom. The minimum Gasteiger partial charge on any atom is -0.336 e. The average molecular weight is 231 g/mol. The van der Waals surface area contributed by atoms with Crippen molar-refractivity contribution in [2.45, 2.75) is 19.4 Å². The lowest BCUT2D eigenvalue weighted by molar-refractivity contribution is 0.489. The lowest BCUT2D eigenvalue weighted by Gasteiger charge is -2.34. The van der Waals surface area contributed by atoms with Crippen LogP contribution in [-0.2, 0) is 0 Å². The molecular weight excluding hydrogens is 214 g/mol. The third-order valence-corrected chi connectivity index (χ3v) is 3.06. The van der Waals surface area contributed by atoms with Gasteiger partial charge in [-0.1, -0.05) is 12.1 Å². The molecule has 0 spiro atoms. The summed E-state index contributed by atoms with van der Waals surface area (Å²) in [7, 11) is 1.93. The Bertz CT molecular complexity index is 523. The molecule has 1 heterocycles. The Hall–Kier alpha value is -1.75. The lowest BCUT2D eigenvalue weighted by Crippen LogP contribution is -2.48. The number of anilines is 1. The summed E-state index contributed by atoms with van der Waals surface area (Å²) in [5.74, 6) is 0.596. The number of nitrogens with two attached hydrogens (primary N) is 1. The molecule has 0 unspecified atom stereocenters. The highest BCUT2D eigenvalue weighted by molar-refractivity contribution is 5.74. The van der Waals surface area contributed by atoms with E-state index in [4.69, 9.17) is 5.73 Å². The van der Waals surface area contributed by atoms with Crippen molar-refractivity contribution < 1.29 is 0 Å². The van der Waals surface area contributed by atoms with E-state index < -0.39 is 0 Å². The number of hydrogen-bond donors (Lipinski definition) is 1. The fourth-order valence-corrected chi connectivity index (χ4v) is 1.42. The largest absolute Gasteiger partial charge is 0.336 e. The summed E-state index contributed by atoms with van der Waals surface area (Å²) in [5.41, 5.74) is 7.19. The summed E-state index contributed by atoms with van der Waals surface area (Å²) in [6, 6.07) is 7.69. The molecule has 0 fully saturated rings. The molecule has 2 rings (SSSR count). The lowest BCUT2D eigenvalue weighted by atomic mass is 10.1. The van der Waals surface area contributed by atoms with Gasteiger partial charge in [0.15, 0.2) is 0 Å². The van der Waals surface area contributed by atoms with Crippen molar-refractivity contribution >= 4 is 17.0 Å². The third-order valence-electron chi connectivity index (χ3n) is 3.06. The zero-order valence-corrected chi connectivity index (χ0v) is 10.4. The minimum absolute atomic E-state index is 0.190. The number of nitrogens with zero attached hydrogens (tertiary/aromatic N) is 4. The standard InChI is InChI=1S/C12H17N5/c1-12(2,8-13)17(3)11-14-9-6-4-5-7-10(9)15-16-11/h4-7H,8,13H2,1-3H3. The molecule has 1 aromatic heterocycles. The molecule has 5 heteroatoms. The van der Waals surface area contributed by atoms with Crippen molar-refractivity contribution in [2.24, 2.45) is 5.73 Å². The van der Waals surface area contributed by atoms with Crippen molar-refractivity contribution in [1.82, 2.24) is 15.2 Å². The number of likely N-dealkylation sites (N-methyl/N-ethyl adjacent to an activating group) is 1. The maximum Gasteiger partial charge on any atom is 0.246 e. The normalized spacial score (nSPS) is 11.8. The fourth-order valence-electron chi connectivity index (χ4n) is 1.42. The molecule has 0 saturated heterocycles. The molecule has 0 aliphatic rings. The van der Waals surface area contributed by atoms with Gasteiger partial charge in [0.25, 0.3) is 0 Å². The van der Waals surface area contributed by atoms with Crippen LogP contribution in [-0.4, -0.2) is 34.3 Å². The van der Waals surface area contributed by atoms with Crippen LogP contribution in [0.3, 0.4) is 0 Å². The van der Waals surface area contributed by atoms with E-state index in [-0.39, 0.29) is 5.54 Å². The molecule has 2 aromatic rings. The monoisotopic (exact) mass is 231 g/mol. The Morgan fingerprint density at radius 2 is 1.82 bits per heavy atom. The van der Waals surface area contributed by atoms with Crippen LogP contribution in [0.25, 0.3) is 11.0 Å². The van der Waals surface area contributed by atoms with Gasteiger partial charge in [-0.15, -0.1) is 10.2 Å². The second-order valence-corrected chi connectivity index (χ2v) is 4.68. The number of para-hydroxylation sites is 1. The van der Waals surface area contributed by atoms with Gasteiger partial charge < -0.3 is 10.6 Å². The quantitative estimate of drug-likeness (QED) is 0.859. The van der Waals surface area contributed by atoms with E-state index in [2.05, 4.69) is 15.2 Å². The zero-order valence-electron chi connectivity index (χ0n) is 10.4. The highest BCUT2D eigenvalue weighted by Gasteiger charge is 2.24. The summed E-state index contributed by atoms with van der Waals surface area (Å²) < 4.78 is 0. The van der Waals surface area contributed by atoms with Gasteiger partial charge in [0.05, 0.1) is 5.52 Å². The Morgan fingerprint density at radius 1 is 1.18 bits per heavy atom. The van der Waals surface area contributed by atoms with E-state index in [9.17, 15) is 0 Å². The van der Waals surface area contributed by atoms with Gasteiger partial charge in [-0.3, -0.25) is 0 Å². The number of aromatic nitrogens is 3. The first-order valence-corrected chi connectivity index (χ1v) is 5.58. The van der Waals surface area contributed by atoms with Gasteiger partial charge >= 0.3 is 0 Å². The molecule has 0 bridgehead atoms. The molecule has 0 radical (unpaired) electrons. The molecular formula is C12H17N5. The van der Waals surface area contributed by atoms with E-state index in [0.717, 1.165) is 11.0 Å². The Kier molecular flexibility index (Phi) is 2.93. The van der Waals surface area contributed by atoms with E-state index >= 15 is 0 Å². The Balaban J connectivity index is 2.43. The van der Waals surface area contributed by atoms with Crippen LogP contribution in [0.5, 0.6) is 0 Å². The molecule has 90 valence electrons. The van der Waals surface area contributed by atoms with Crippen LogP contribution in [0.2, 0.25) is 0 Å². The second kappa shape index (κ2) is 4.25. The van der Waals surface area contributed by atoms with Gasteiger partial charge in [0.1, 0.15) is 5.52 Å². The van der Waals surface area contributed by atoms with E-state index in [1.165, 1.54) is 0 Å². The predicted molar refractivity (Wildman–Crippen MR) is 68.9 cm³/mol. The van der Waals surface area contributed by atoms with Crippen LogP contribution >= 0.6 is 0 Å². The topological polar surface area (TPSA) is 67.9 Å². The second-order valence-electron chi connectivity index (χ2n) is 4.68.